The van der Waals surface area contributed by atoms with Gasteiger partial charge in [0, 0.05) is 12.3 Å². The first-order chi connectivity index (χ1) is 14.0. The monoisotopic (exact) mass is 465 g/mol. The molecule has 178 valence electrons. The van der Waals surface area contributed by atoms with Crippen LogP contribution in [0.4, 0.5) is 0 Å². The molecule has 14 nitrogen and oxygen atoms in total. The van der Waals surface area contributed by atoms with Gasteiger partial charge in [0.25, 0.3) is 0 Å². The van der Waals surface area contributed by atoms with Gasteiger partial charge in [-0.3, -0.25) is 24.2 Å². The Morgan fingerprint density at radius 1 is 1.00 bits per heavy atom. The van der Waals surface area contributed by atoms with Gasteiger partial charge in [0.2, 0.25) is 17.7 Å². The van der Waals surface area contributed by atoms with Crippen LogP contribution in [-0.4, -0.2) is 82.8 Å². The molecule has 0 bridgehead atoms. The van der Waals surface area contributed by atoms with Crippen LogP contribution in [-0.2, 0) is 24.0 Å². The number of nitrogens with zero attached hydrogens (tertiary/aromatic N) is 1. The maximum Gasteiger partial charge on any atom is 0.327 e. The van der Waals surface area contributed by atoms with Crippen LogP contribution < -0.4 is 33.2 Å². The molecule has 31 heavy (non-hydrogen) atoms. The lowest BCUT2D eigenvalue weighted by Gasteiger charge is -2.20. The Labute approximate surface area is 184 Å². The quantitative estimate of drug-likeness (QED) is 0.0531. The Hall–Kier alpha value is -3.07. The third kappa shape index (κ3) is 13.7. The predicted molar refractivity (Wildman–Crippen MR) is 115 cm³/mol. The van der Waals surface area contributed by atoms with Crippen molar-refractivity contribution in [2.24, 2.45) is 22.2 Å². The molecule has 0 aromatic rings. The van der Waals surface area contributed by atoms with E-state index >= 15 is 0 Å². The molecule has 3 unspecified atom stereocenters. The molecule has 3 atom stereocenters. The van der Waals surface area contributed by atoms with Crippen LogP contribution in [0.25, 0.3) is 0 Å². The summed E-state index contributed by atoms with van der Waals surface area (Å²) in [5, 5.41) is 24.3. The standard InChI is InChI=1S/C15H27N7O7S.CH4/c16-7(2-1-3-19-15(17)18)12(26)20-5-10(23)21-8(4-11(24)25)13(27)22-9(6-30)14(28)29;/h7-9,30H,1-6,16H2,(H,20,26)(H,21,23)(H,22,27)(H,24,25)(H,28,29)(H4,17,18,19);1H4. The minimum Gasteiger partial charge on any atom is -0.481 e. The summed E-state index contributed by atoms with van der Waals surface area (Å²) in [7, 11) is 0. The molecular weight excluding hydrogens is 434 g/mol. The van der Waals surface area contributed by atoms with Crippen molar-refractivity contribution in [1.29, 1.82) is 0 Å². The number of thiol groups is 1. The van der Waals surface area contributed by atoms with E-state index in [2.05, 4.69) is 33.6 Å². The van der Waals surface area contributed by atoms with Crippen LogP contribution in [0.5, 0.6) is 0 Å². The van der Waals surface area contributed by atoms with Crippen LogP contribution >= 0.6 is 12.6 Å². The third-order valence-electron chi connectivity index (χ3n) is 3.56. The van der Waals surface area contributed by atoms with Gasteiger partial charge in [0.05, 0.1) is 19.0 Å². The van der Waals surface area contributed by atoms with E-state index in [4.69, 9.17) is 27.4 Å². The molecule has 11 N–H and O–H groups in total. The Morgan fingerprint density at radius 2 is 1.61 bits per heavy atom. The number of hydrogen-bond acceptors (Lipinski definition) is 8. The predicted octanol–water partition coefficient (Wildman–Crippen LogP) is -3.42. The molecule has 0 saturated carbocycles. The number of nitrogens with one attached hydrogen (secondary N) is 3. The van der Waals surface area contributed by atoms with Crippen molar-refractivity contribution in [3.8, 4) is 0 Å². The second-order valence-electron chi connectivity index (χ2n) is 6.07. The van der Waals surface area contributed by atoms with Crippen LogP contribution in [0, 0.1) is 0 Å². The summed E-state index contributed by atoms with van der Waals surface area (Å²) in [6.07, 6.45) is -0.126. The number of amides is 3. The van der Waals surface area contributed by atoms with Crippen molar-refractivity contribution in [2.75, 3.05) is 18.8 Å². The zero-order valence-corrected chi connectivity index (χ0v) is 16.9. The molecule has 0 radical (unpaired) electrons. The number of rotatable bonds is 14. The molecule has 0 aromatic carbocycles. The average Bonchev–Trinajstić information content (AvgIpc) is 2.65. The lowest BCUT2D eigenvalue weighted by atomic mass is 10.1. The van der Waals surface area contributed by atoms with E-state index in [1.165, 1.54) is 0 Å². The van der Waals surface area contributed by atoms with E-state index in [1.807, 2.05) is 0 Å². The lowest BCUT2D eigenvalue weighted by Crippen LogP contribution is -2.54. The first-order valence-corrected chi connectivity index (χ1v) is 9.35. The van der Waals surface area contributed by atoms with Crippen LogP contribution in [0.2, 0.25) is 0 Å². The van der Waals surface area contributed by atoms with Crippen molar-refractivity contribution in [3.63, 3.8) is 0 Å². The fraction of sp³-hybridized carbons (Fsp3) is 0.625. The molecule has 0 spiro atoms. The zero-order valence-electron chi connectivity index (χ0n) is 16.0. The van der Waals surface area contributed by atoms with E-state index in [0.29, 0.717) is 6.42 Å². The number of nitrogens with two attached hydrogens (primary N) is 3. The maximum absolute atomic E-state index is 12.1. The largest absolute Gasteiger partial charge is 0.481 e. The van der Waals surface area contributed by atoms with Crippen molar-refractivity contribution in [1.82, 2.24) is 16.0 Å². The molecule has 15 heteroatoms. The van der Waals surface area contributed by atoms with Crippen LogP contribution in [0.3, 0.4) is 0 Å². The molecule has 0 aliphatic carbocycles. The maximum atomic E-state index is 12.1. The second-order valence-corrected chi connectivity index (χ2v) is 6.44. The van der Waals surface area contributed by atoms with Crippen LogP contribution in [0.15, 0.2) is 4.99 Å². The number of carbonyl (C=O) groups excluding carboxylic acids is 3. The van der Waals surface area contributed by atoms with E-state index in [-0.39, 0.29) is 32.1 Å². The number of hydrogen-bond donors (Lipinski definition) is 9. The smallest absolute Gasteiger partial charge is 0.327 e. The minimum atomic E-state index is -1.55. The number of carbonyl (C=O) groups is 5. The van der Waals surface area contributed by atoms with Gasteiger partial charge in [-0.15, -0.1) is 0 Å². The highest BCUT2D eigenvalue weighted by Crippen LogP contribution is 1.98. The fourth-order valence-corrected chi connectivity index (χ4v) is 2.28. The molecule has 0 saturated heterocycles. The number of carboxylic acid groups (broad SMARTS) is 2. The van der Waals surface area contributed by atoms with Gasteiger partial charge in [-0.05, 0) is 12.8 Å². The van der Waals surface area contributed by atoms with Gasteiger partial charge in [-0.25, -0.2) is 4.79 Å². The van der Waals surface area contributed by atoms with Gasteiger partial charge in [0.1, 0.15) is 12.1 Å². The number of aliphatic carboxylic acids is 2. The highest BCUT2D eigenvalue weighted by Gasteiger charge is 2.28. The van der Waals surface area contributed by atoms with Gasteiger partial charge in [-0.2, -0.15) is 12.6 Å². The topological polar surface area (TPSA) is 252 Å². The summed E-state index contributed by atoms with van der Waals surface area (Å²) in [6, 6.07) is -3.86. The van der Waals surface area contributed by atoms with E-state index < -0.39 is 60.8 Å². The first kappa shape index (κ1) is 30.1. The normalized spacial score (nSPS) is 12.8. The Bertz CT molecular complexity index is 671. The van der Waals surface area contributed by atoms with Gasteiger partial charge >= 0.3 is 11.9 Å². The van der Waals surface area contributed by atoms with Crippen molar-refractivity contribution in [2.45, 2.75) is 44.8 Å². The first-order valence-electron chi connectivity index (χ1n) is 8.71. The summed E-state index contributed by atoms with van der Waals surface area (Å²) in [4.78, 5) is 61.6. The Kier molecular flexibility index (Phi) is 15.3. The minimum absolute atomic E-state index is 0. The molecule has 0 fully saturated rings. The average molecular weight is 466 g/mol. The summed E-state index contributed by atoms with van der Waals surface area (Å²) >= 11 is 3.78. The molecule has 0 aliphatic heterocycles. The SMILES string of the molecule is C.NC(N)=NCCCC(N)C(=O)NCC(=O)NC(CC(=O)O)C(=O)NC(CS)C(=O)O. The molecule has 3 amide bonds. The van der Waals surface area contributed by atoms with E-state index in [1.54, 1.807) is 0 Å². The van der Waals surface area contributed by atoms with E-state index in [9.17, 15) is 24.0 Å². The Morgan fingerprint density at radius 3 is 2.10 bits per heavy atom. The van der Waals surface area contributed by atoms with Gasteiger partial charge in [0.15, 0.2) is 5.96 Å². The van der Waals surface area contributed by atoms with Crippen LogP contribution in [0.1, 0.15) is 26.7 Å². The molecule has 0 heterocycles. The fourth-order valence-electron chi connectivity index (χ4n) is 2.04. The zero-order chi connectivity index (χ0) is 23.3. The highest BCUT2D eigenvalue weighted by molar-refractivity contribution is 7.80. The van der Waals surface area contributed by atoms with Crippen molar-refractivity contribution >= 4 is 48.2 Å². The number of aliphatic imine (C=N–C) groups is 1. The van der Waals surface area contributed by atoms with Crippen molar-refractivity contribution < 1.29 is 34.2 Å². The Balaban J connectivity index is 0. The van der Waals surface area contributed by atoms with Gasteiger partial charge < -0.3 is 43.4 Å². The molecule has 0 aromatic heterocycles. The van der Waals surface area contributed by atoms with Crippen molar-refractivity contribution in [3.05, 3.63) is 0 Å². The summed E-state index contributed by atoms with van der Waals surface area (Å²) in [6.45, 7) is -0.293. The van der Waals surface area contributed by atoms with E-state index in [0.717, 1.165) is 0 Å². The lowest BCUT2D eigenvalue weighted by molar-refractivity contribution is -0.143. The molecular formula is C16H31N7O7S. The summed E-state index contributed by atoms with van der Waals surface area (Å²) < 4.78 is 0. The number of guanidine groups is 1. The molecule has 0 aliphatic rings. The summed E-state index contributed by atoms with van der Waals surface area (Å²) in [5.41, 5.74) is 16.0. The van der Waals surface area contributed by atoms with Gasteiger partial charge in [-0.1, -0.05) is 7.43 Å². The molecule has 0 rings (SSSR count). The summed E-state index contributed by atoms with van der Waals surface area (Å²) in [5.74, 6) is -5.64. The highest BCUT2D eigenvalue weighted by atomic mass is 32.1. The third-order valence-corrected chi connectivity index (χ3v) is 3.92. The number of carboxylic acids is 2. The second kappa shape index (κ2) is 15.7.